The number of rotatable bonds is 9. The predicted molar refractivity (Wildman–Crippen MR) is 127 cm³/mol. The van der Waals surface area contributed by atoms with Crippen molar-refractivity contribution in [2.45, 2.75) is 4.90 Å². The molecule has 0 saturated carbocycles. The maximum atomic E-state index is 15.4. The lowest BCUT2D eigenvalue weighted by Gasteiger charge is -2.13. The van der Waals surface area contributed by atoms with Crippen molar-refractivity contribution in [2.24, 2.45) is 0 Å². The van der Waals surface area contributed by atoms with Gasteiger partial charge >= 0.3 is 0 Å². The van der Waals surface area contributed by atoms with Crippen LogP contribution in [0.4, 0.5) is 20.5 Å². The number of methoxy groups -OCH3 is 2. The fraction of sp³-hybridized carbons (Fsp3) is 0.190. The molecular formula is C21H18ClF2N7O4S. The number of sulfonamides is 1. The molecule has 0 aliphatic carbocycles. The van der Waals surface area contributed by atoms with Crippen molar-refractivity contribution >= 4 is 44.4 Å². The molecule has 0 saturated heterocycles. The van der Waals surface area contributed by atoms with Gasteiger partial charge in [-0.15, -0.1) is 0 Å². The minimum absolute atomic E-state index is 0.00547. The molecule has 4 aromatic heterocycles. The molecule has 11 nitrogen and oxygen atoms in total. The van der Waals surface area contributed by atoms with Crippen LogP contribution in [0.25, 0.3) is 22.2 Å². The van der Waals surface area contributed by atoms with Gasteiger partial charge in [0, 0.05) is 43.2 Å². The molecule has 36 heavy (non-hydrogen) atoms. The molecule has 4 rings (SSSR count). The third kappa shape index (κ3) is 5.24. The molecule has 0 bridgehead atoms. The van der Waals surface area contributed by atoms with Crippen LogP contribution in [0.5, 0.6) is 5.88 Å². The molecule has 0 fully saturated rings. The topological polar surface area (TPSA) is 141 Å². The fourth-order valence-electron chi connectivity index (χ4n) is 3.15. The number of halogens is 3. The first-order valence-corrected chi connectivity index (χ1v) is 12.0. The summed E-state index contributed by atoms with van der Waals surface area (Å²) in [6, 6.07) is 2.49. The number of fused-ring (bicyclic) bond motifs is 1. The summed E-state index contributed by atoms with van der Waals surface area (Å²) in [5.41, 5.74) is -0.244. The minimum atomic E-state index is -4.46. The molecule has 15 heteroatoms. The van der Waals surface area contributed by atoms with E-state index in [9.17, 15) is 12.8 Å². The molecule has 0 radical (unpaired) electrons. The van der Waals surface area contributed by atoms with Crippen molar-refractivity contribution in [3.05, 3.63) is 53.6 Å². The second-order valence-electron chi connectivity index (χ2n) is 7.16. The van der Waals surface area contributed by atoms with Gasteiger partial charge in [0.25, 0.3) is 10.0 Å². The number of anilines is 2. The normalized spacial score (nSPS) is 11.5. The van der Waals surface area contributed by atoms with Crippen LogP contribution in [-0.2, 0) is 14.8 Å². The maximum Gasteiger partial charge on any atom is 0.268 e. The first-order chi connectivity index (χ1) is 17.2. The Labute approximate surface area is 209 Å². The number of nitrogens with zero attached hydrogens (tertiary/aromatic N) is 5. The fourth-order valence-corrected chi connectivity index (χ4v) is 4.52. The van der Waals surface area contributed by atoms with Crippen molar-refractivity contribution in [1.82, 2.24) is 24.9 Å². The van der Waals surface area contributed by atoms with Crippen LogP contribution in [0.1, 0.15) is 0 Å². The van der Waals surface area contributed by atoms with Crippen LogP contribution < -0.4 is 14.8 Å². The zero-order valence-electron chi connectivity index (χ0n) is 18.8. The van der Waals surface area contributed by atoms with Gasteiger partial charge < -0.3 is 14.8 Å². The third-order valence-electron chi connectivity index (χ3n) is 4.78. The lowest BCUT2D eigenvalue weighted by atomic mass is 10.1. The van der Waals surface area contributed by atoms with Gasteiger partial charge in [-0.2, -0.15) is 4.98 Å². The summed E-state index contributed by atoms with van der Waals surface area (Å²) in [4.78, 5) is 19.4. The molecule has 0 amide bonds. The van der Waals surface area contributed by atoms with E-state index in [0.717, 1.165) is 6.07 Å². The van der Waals surface area contributed by atoms with E-state index in [4.69, 9.17) is 21.1 Å². The second kappa shape index (κ2) is 10.5. The Kier molecular flexibility index (Phi) is 7.37. The molecule has 0 aliphatic rings. The Bertz CT molecular complexity index is 1540. The minimum Gasteiger partial charge on any atom is -0.480 e. The summed E-state index contributed by atoms with van der Waals surface area (Å²) < 4.78 is 67.7. The third-order valence-corrected chi connectivity index (χ3v) is 6.32. The summed E-state index contributed by atoms with van der Waals surface area (Å²) in [6.45, 7) is 0.921. The van der Waals surface area contributed by atoms with Crippen molar-refractivity contribution in [2.75, 3.05) is 37.4 Å². The van der Waals surface area contributed by atoms with Gasteiger partial charge in [-0.05, 0) is 12.1 Å². The van der Waals surface area contributed by atoms with E-state index in [0.29, 0.717) is 30.7 Å². The summed E-state index contributed by atoms with van der Waals surface area (Å²) in [7, 11) is -1.69. The summed E-state index contributed by atoms with van der Waals surface area (Å²) in [5, 5.41) is 3.36. The number of hydrogen-bond acceptors (Lipinski definition) is 10. The summed E-state index contributed by atoms with van der Waals surface area (Å²) in [5.74, 6) is -3.00. The van der Waals surface area contributed by atoms with E-state index in [-0.39, 0.29) is 22.1 Å². The summed E-state index contributed by atoms with van der Waals surface area (Å²) in [6.07, 6.45) is 4.52. The van der Waals surface area contributed by atoms with E-state index in [1.54, 1.807) is 7.11 Å². The van der Waals surface area contributed by atoms with Gasteiger partial charge in [0.15, 0.2) is 28.0 Å². The lowest BCUT2D eigenvalue weighted by molar-refractivity contribution is 0.210. The molecule has 4 aromatic rings. The zero-order chi connectivity index (χ0) is 25.9. The van der Waals surface area contributed by atoms with Gasteiger partial charge in [-0.1, -0.05) is 11.6 Å². The molecule has 0 spiro atoms. The maximum absolute atomic E-state index is 15.4. The van der Waals surface area contributed by atoms with Gasteiger partial charge in [0.1, 0.15) is 0 Å². The lowest BCUT2D eigenvalue weighted by Crippen LogP contribution is -2.17. The Morgan fingerprint density at radius 1 is 1.03 bits per heavy atom. The highest BCUT2D eigenvalue weighted by molar-refractivity contribution is 7.92. The first-order valence-electron chi connectivity index (χ1n) is 10.2. The standard InChI is InChI=1S/C21H18ClF2N7O4S/c1-34-4-3-25-21-29-8-12-5-11(7-26-18(12)30-21)16-14(23)10-27-19(17(16)24)31-36(32,33)15-6-13(22)9-28-20(15)35-2/h5-10H,3-4H2,1-2H3,(H,27,31)(H,25,26,29,30). The molecule has 0 aliphatic heterocycles. The van der Waals surface area contributed by atoms with E-state index in [2.05, 4.69) is 30.2 Å². The quantitative estimate of drug-likeness (QED) is 0.305. The molecule has 0 unspecified atom stereocenters. The molecule has 4 heterocycles. The molecular weight excluding hydrogens is 520 g/mol. The largest absolute Gasteiger partial charge is 0.480 e. The Morgan fingerprint density at radius 2 is 1.83 bits per heavy atom. The van der Waals surface area contributed by atoms with Gasteiger partial charge in [-0.3, -0.25) is 4.72 Å². The Balaban J connectivity index is 1.70. The molecule has 188 valence electrons. The number of pyridine rings is 3. The van der Waals surface area contributed by atoms with Gasteiger partial charge in [0.2, 0.25) is 11.8 Å². The average molecular weight is 538 g/mol. The summed E-state index contributed by atoms with van der Waals surface area (Å²) >= 11 is 5.85. The average Bonchev–Trinajstić information content (AvgIpc) is 2.86. The van der Waals surface area contributed by atoms with Crippen LogP contribution >= 0.6 is 11.6 Å². The number of ether oxygens (including phenoxy) is 2. The van der Waals surface area contributed by atoms with Crippen molar-refractivity contribution < 1.29 is 26.7 Å². The van der Waals surface area contributed by atoms with Crippen molar-refractivity contribution in [1.29, 1.82) is 0 Å². The monoisotopic (exact) mass is 537 g/mol. The van der Waals surface area contributed by atoms with Crippen molar-refractivity contribution in [3.8, 4) is 17.0 Å². The van der Waals surface area contributed by atoms with Gasteiger partial charge in [-0.25, -0.2) is 37.1 Å². The van der Waals surface area contributed by atoms with Crippen LogP contribution in [0, 0.1) is 11.6 Å². The molecule has 0 atom stereocenters. The van der Waals surface area contributed by atoms with E-state index >= 15 is 4.39 Å². The van der Waals surface area contributed by atoms with Crippen LogP contribution in [0.2, 0.25) is 5.02 Å². The van der Waals surface area contributed by atoms with E-state index < -0.39 is 37.9 Å². The Morgan fingerprint density at radius 3 is 2.58 bits per heavy atom. The second-order valence-corrected chi connectivity index (χ2v) is 9.25. The number of hydrogen-bond donors (Lipinski definition) is 2. The van der Waals surface area contributed by atoms with Crippen LogP contribution in [0.3, 0.4) is 0 Å². The van der Waals surface area contributed by atoms with E-state index in [1.165, 1.54) is 31.8 Å². The highest BCUT2D eigenvalue weighted by Gasteiger charge is 2.26. The van der Waals surface area contributed by atoms with Crippen LogP contribution in [0.15, 0.2) is 41.8 Å². The number of nitrogens with one attached hydrogen (secondary N) is 2. The zero-order valence-corrected chi connectivity index (χ0v) is 20.4. The first kappa shape index (κ1) is 25.3. The number of aromatic nitrogens is 5. The molecule has 2 N–H and O–H groups in total. The van der Waals surface area contributed by atoms with Gasteiger partial charge in [0.05, 0.1) is 30.5 Å². The van der Waals surface area contributed by atoms with Crippen molar-refractivity contribution in [3.63, 3.8) is 0 Å². The predicted octanol–water partition coefficient (Wildman–Crippen LogP) is 3.28. The Hall–Kier alpha value is -3.75. The highest BCUT2D eigenvalue weighted by atomic mass is 35.5. The SMILES string of the molecule is COCCNc1ncc2cc(-c3c(F)cnc(NS(=O)(=O)c4cc(Cl)cnc4OC)c3F)cnc2n1. The van der Waals surface area contributed by atoms with Crippen LogP contribution in [-0.4, -0.2) is 60.7 Å². The smallest absolute Gasteiger partial charge is 0.268 e. The van der Waals surface area contributed by atoms with E-state index in [1.807, 2.05) is 4.72 Å². The highest BCUT2D eigenvalue weighted by Crippen LogP contribution is 2.32. The molecule has 0 aromatic carbocycles.